The topological polar surface area (TPSA) is 90.0 Å². The second-order valence-electron chi connectivity index (χ2n) is 6.91. The van der Waals surface area contributed by atoms with E-state index in [1.165, 1.54) is 24.3 Å². The van der Waals surface area contributed by atoms with Gasteiger partial charge in [-0.1, -0.05) is 48.5 Å². The summed E-state index contributed by atoms with van der Waals surface area (Å²) in [6.45, 7) is 0.332. The first-order valence-electron chi connectivity index (χ1n) is 9.95. The molecule has 3 aromatic carbocycles. The maximum absolute atomic E-state index is 12.6. The van der Waals surface area contributed by atoms with E-state index in [4.69, 9.17) is 8.92 Å². The highest BCUT2D eigenvalue weighted by atomic mass is 32.2. The highest BCUT2D eigenvalue weighted by Crippen LogP contribution is 2.32. The highest BCUT2D eigenvalue weighted by molar-refractivity contribution is 8.18. The summed E-state index contributed by atoms with van der Waals surface area (Å²) >= 11 is 0.850. The van der Waals surface area contributed by atoms with Crippen LogP contribution in [0.15, 0.2) is 94.7 Å². The number of para-hydroxylation sites is 1. The maximum Gasteiger partial charge on any atom is 0.339 e. The van der Waals surface area contributed by atoms with Gasteiger partial charge in [0.15, 0.2) is 0 Å². The zero-order valence-corrected chi connectivity index (χ0v) is 18.9. The van der Waals surface area contributed by atoms with Crippen LogP contribution in [-0.2, 0) is 14.9 Å². The molecule has 33 heavy (non-hydrogen) atoms. The molecule has 0 aliphatic carbocycles. The molecule has 0 aromatic heterocycles. The SMILES string of the molecule is O=C1S/C(=C\c2ccc(OS(=O)(=O)c3ccccc3)cc2)C(=O)N1CCOc1ccccc1. The van der Waals surface area contributed by atoms with Crippen molar-refractivity contribution < 1.29 is 26.9 Å². The summed E-state index contributed by atoms with van der Waals surface area (Å²) in [5.74, 6) is 0.410. The summed E-state index contributed by atoms with van der Waals surface area (Å²) in [5.41, 5.74) is 0.630. The van der Waals surface area contributed by atoms with Crippen molar-refractivity contribution in [1.29, 1.82) is 0 Å². The van der Waals surface area contributed by atoms with Gasteiger partial charge in [0.05, 0.1) is 11.4 Å². The Morgan fingerprint density at radius 1 is 0.818 bits per heavy atom. The predicted molar refractivity (Wildman–Crippen MR) is 125 cm³/mol. The Bertz CT molecular complexity index is 1270. The minimum Gasteiger partial charge on any atom is -0.492 e. The average molecular weight is 482 g/mol. The predicted octanol–water partition coefficient (Wildman–Crippen LogP) is 4.57. The lowest BCUT2D eigenvalue weighted by Gasteiger charge is -2.13. The Morgan fingerprint density at radius 2 is 1.45 bits per heavy atom. The van der Waals surface area contributed by atoms with Crippen LogP contribution in [0.4, 0.5) is 4.79 Å². The van der Waals surface area contributed by atoms with Gasteiger partial charge in [0.1, 0.15) is 23.0 Å². The molecule has 1 heterocycles. The van der Waals surface area contributed by atoms with Crippen LogP contribution < -0.4 is 8.92 Å². The van der Waals surface area contributed by atoms with Crippen LogP contribution in [0.25, 0.3) is 6.08 Å². The third-order valence-electron chi connectivity index (χ3n) is 4.62. The number of thioether (sulfide) groups is 1. The standard InChI is InChI=1S/C24H19NO6S2/c26-23-22(32-24(27)25(23)15-16-30-19-7-3-1-4-8-19)17-18-11-13-20(14-12-18)31-33(28,29)21-9-5-2-6-10-21/h1-14,17H,15-16H2/b22-17-. The first-order chi connectivity index (χ1) is 15.9. The summed E-state index contributed by atoms with van der Waals surface area (Å²) in [6, 6.07) is 23.2. The van der Waals surface area contributed by atoms with Gasteiger partial charge in [-0.25, -0.2) is 0 Å². The molecule has 3 aromatic rings. The normalized spacial score (nSPS) is 15.2. The molecule has 0 bridgehead atoms. The van der Waals surface area contributed by atoms with Crippen LogP contribution in [0.2, 0.25) is 0 Å². The van der Waals surface area contributed by atoms with Gasteiger partial charge in [-0.05, 0) is 59.8 Å². The molecule has 0 spiro atoms. The zero-order chi connectivity index (χ0) is 23.3. The van der Waals surface area contributed by atoms with Crippen molar-refractivity contribution in [2.75, 3.05) is 13.2 Å². The summed E-state index contributed by atoms with van der Waals surface area (Å²) in [5, 5.41) is -0.364. The molecule has 0 atom stereocenters. The van der Waals surface area contributed by atoms with Gasteiger partial charge in [-0.2, -0.15) is 8.42 Å². The van der Waals surface area contributed by atoms with E-state index in [2.05, 4.69) is 0 Å². The molecular weight excluding hydrogens is 462 g/mol. The quantitative estimate of drug-likeness (QED) is 0.344. The van der Waals surface area contributed by atoms with Gasteiger partial charge in [-0.15, -0.1) is 0 Å². The maximum atomic E-state index is 12.6. The van der Waals surface area contributed by atoms with Crippen LogP contribution in [0.5, 0.6) is 11.5 Å². The van der Waals surface area contributed by atoms with E-state index in [1.807, 2.05) is 18.2 Å². The fourth-order valence-corrected chi connectivity index (χ4v) is 4.81. The van der Waals surface area contributed by atoms with Gasteiger partial charge < -0.3 is 8.92 Å². The second kappa shape index (κ2) is 9.93. The summed E-state index contributed by atoms with van der Waals surface area (Å²) in [4.78, 5) is 26.4. The van der Waals surface area contributed by atoms with Crippen molar-refractivity contribution in [3.8, 4) is 11.5 Å². The minimum atomic E-state index is -3.94. The van der Waals surface area contributed by atoms with Crippen LogP contribution in [-0.4, -0.2) is 37.6 Å². The summed E-state index contributed by atoms with van der Waals surface area (Å²) in [7, 11) is -3.94. The Kier molecular flexibility index (Phi) is 6.81. The van der Waals surface area contributed by atoms with E-state index in [0.29, 0.717) is 11.3 Å². The molecule has 0 N–H and O–H groups in total. The van der Waals surface area contributed by atoms with E-state index in [-0.39, 0.29) is 33.9 Å². The van der Waals surface area contributed by atoms with E-state index < -0.39 is 16.0 Å². The lowest BCUT2D eigenvalue weighted by molar-refractivity contribution is -0.123. The number of hydrogen-bond donors (Lipinski definition) is 0. The van der Waals surface area contributed by atoms with Crippen molar-refractivity contribution in [3.05, 3.63) is 95.4 Å². The lowest BCUT2D eigenvalue weighted by Crippen LogP contribution is -2.32. The smallest absolute Gasteiger partial charge is 0.339 e. The van der Waals surface area contributed by atoms with Crippen LogP contribution in [0.1, 0.15) is 5.56 Å². The molecule has 0 saturated carbocycles. The van der Waals surface area contributed by atoms with Crippen molar-refractivity contribution in [2.45, 2.75) is 4.90 Å². The molecule has 1 aliphatic heterocycles. The molecule has 1 fully saturated rings. The van der Waals surface area contributed by atoms with Gasteiger partial charge >= 0.3 is 10.1 Å². The number of rotatable bonds is 8. The molecule has 1 saturated heterocycles. The number of ether oxygens (including phenoxy) is 1. The highest BCUT2D eigenvalue weighted by Gasteiger charge is 2.34. The largest absolute Gasteiger partial charge is 0.492 e. The van der Waals surface area contributed by atoms with Gasteiger partial charge in [0.2, 0.25) is 0 Å². The second-order valence-corrected chi connectivity index (χ2v) is 9.45. The Balaban J connectivity index is 1.38. The molecule has 4 rings (SSSR count). The number of carbonyl (C=O) groups excluding carboxylic acids is 2. The van der Waals surface area contributed by atoms with Crippen molar-refractivity contribution in [3.63, 3.8) is 0 Å². The summed E-state index contributed by atoms with van der Waals surface area (Å²) in [6.07, 6.45) is 1.58. The number of carbonyl (C=O) groups is 2. The van der Waals surface area contributed by atoms with Crippen molar-refractivity contribution in [2.24, 2.45) is 0 Å². The molecule has 0 unspecified atom stereocenters. The number of amides is 2. The molecule has 2 amide bonds. The molecular formula is C24H19NO6S2. The molecule has 7 nitrogen and oxygen atoms in total. The van der Waals surface area contributed by atoms with Crippen molar-refractivity contribution >= 4 is 39.1 Å². The third-order valence-corrected chi connectivity index (χ3v) is 6.78. The van der Waals surface area contributed by atoms with E-state index >= 15 is 0 Å². The molecule has 1 aliphatic rings. The first kappa shape index (κ1) is 22.6. The average Bonchev–Trinajstić information content (AvgIpc) is 3.09. The lowest BCUT2D eigenvalue weighted by atomic mass is 10.2. The fraction of sp³-hybridized carbons (Fsp3) is 0.0833. The Labute approximate surface area is 195 Å². The minimum absolute atomic E-state index is 0.0546. The van der Waals surface area contributed by atoms with E-state index in [0.717, 1.165) is 16.7 Å². The van der Waals surface area contributed by atoms with Gasteiger partial charge in [-0.3, -0.25) is 14.5 Å². The van der Waals surface area contributed by atoms with Crippen LogP contribution >= 0.6 is 11.8 Å². The van der Waals surface area contributed by atoms with E-state index in [9.17, 15) is 18.0 Å². The molecule has 0 radical (unpaired) electrons. The number of nitrogens with zero attached hydrogens (tertiary/aromatic N) is 1. The van der Waals surface area contributed by atoms with Crippen LogP contribution in [0, 0.1) is 0 Å². The fourth-order valence-electron chi connectivity index (χ4n) is 3.00. The number of imide groups is 1. The third kappa shape index (κ3) is 5.63. The number of benzene rings is 3. The monoisotopic (exact) mass is 481 g/mol. The van der Waals surface area contributed by atoms with Gasteiger partial charge in [0, 0.05) is 0 Å². The molecule has 168 valence electrons. The van der Waals surface area contributed by atoms with E-state index in [1.54, 1.807) is 48.5 Å². The Hall–Kier alpha value is -3.56. The first-order valence-corrected chi connectivity index (χ1v) is 12.2. The Morgan fingerprint density at radius 3 is 2.12 bits per heavy atom. The zero-order valence-electron chi connectivity index (χ0n) is 17.3. The molecule has 9 heteroatoms. The van der Waals surface area contributed by atoms with Crippen LogP contribution in [0.3, 0.4) is 0 Å². The van der Waals surface area contributed by atoms with Gasteiger partial charge in [0.25, 0.3) is 11.1 Å². The number of hydrogen-bond acceptors (Lipinski definition) is 7. The summed E-state index contributed by atoms with van der Waals surface area (Å²) < 4.78 is 35.4. The van der Waals surface area contributed by atoms with Crippen molar-refractivity contribution in [1.82, 2.24) is 4.90 Å².